The fourth-order valence-electron chi connectivity index (χ4n) is 3.54. The summed E-state index contributed by atoms with van der Waals surface area (Å²) >= 11 is 5.94. The predicted molar refractivity (Wildman–Crippen MR) is 114 cm³/mol. The molecule has 0 aliphatic carbocycles. The minimum Gasteiger partial charge on any atom is -0.497 e. The van der Waals surface area contributed by atoms with Crippen LogP contribution >= 0.6 is 11.6 Å². The molecule has 1 heterocycles. The first kappa shape index (κ1) is 21.1. The molecule has 0 bridgehead atoms. The van der Waals surface area contributed by atoms with Crippen molar-refractivity contribution in [2.45, 2.75) is 19.4 Å². The molecule has 0 atom stereocenters. The number of ether oxygens (including phenoxy) is 2. The monoisotopic (exact) mass is 416 g/mol. The van der Waals surface area contributed by atoms with Gasteiger partial charge >= 0.3 is 0 Å². The molecule has 0 aromatic heterocycles. The third-order valence-corrected chi connectivity index (χ3v) is 5.50. The van der Waals surface area contributed by atoms with Crippen molar-refractivity contribution in [3.05, 3.63) is 58.6 Å². The predicted octanol–water partition coefficient (Wildman–Crippen LogP) is 2.30. The van der Waals surface area contributed by atoms with E-state index in [9.17, 15) is 4.79 Å². The molecule has 0 unspecified atom stereocenters. The summed E-state index contributed by atoms with van der Waals surface area (Å²) < 4.78 is 10.5. The number of amides is 1. The molecule has 2 aromatic rings. The molecule has 154 valence electrons. The highest BCUT2D eigenvalue weighted by Gasteiger charge is 2.27. The zero-order chi connectivity index (χ0) is 20.6. The van der Waals surface area contributed by atoms with Gasteiger partial charge in [0.2, 0.25) is 5.91 Å². The normalized spacial score (nSPS) is 19.1. The molecule has 0 saturated carbocycles. The molecule has 1 aliphatic rings. The fraction of sp³-hybridized carbons (Fsp3) is 0.364. The first-order chi connectivity index (χ1) is 14.1. The summed E-state index contributed by atoms with van der Waals surface area (Å²) in [7, 11) is 3.19. The quantitative estimate of drug-likeness (QED) is 0.537. The number of piperidine rings is 1. The van der Waals surface area contributed by atoms with Gasteiger partial charge in [0, 0.05) is 35.1 Å². The molecule has 1 saturated heterocycles. The summed E-state index contributed by atoms with van der Waals surface area (Å²) in [6.45, 7) is 2.90. The van der Waals surface area contributed by atoms with E-state index in [1.165, 1.54) is 10.5 Å². The third kappa shape index (κ3) is 5.95. The van der Waals surface area contributed by atoms with Crippen LogP contribution in [0, 0.1) is 5.92 Å². The maximum atomic E-state index is 12.4. The van der Waals surface area contributed by atoms with Gasteiger partial charge < -0.3 is 14.4 Å². The van der Waals surface area contributed by atoms with Gasteiger partial charge in [0.1, 0.15) is 18.0 Å². The molecule has 2 N–H and O–H groups in total. The Morgan fingerprint density at radius 2 is 1.90 bits per heavy atom. The Kier molecular flexibility index (Phi) is 7.49. The van der Waals surface area contributed by atoms with Crippen molar-refractivity contribution < 1.29 is 19.2 Å². The van der Waals surface area contributed by atoms with Gasteiger partial charge in [-0.05, 0) is 24.3 Å². The fourth-order valence-corrected chi connectivity index (χ4v) is 3.66. The molecule has 1 fully saturated rings. The summed E-state index contributed by atoms with van der Waals surface area (Å²) in [5.74, 6) is 1.32. The number of methoxy groups -OCH3 is 2. The van der Waals surface area contributed by atoms with E-state index in [1.54, 1.807) is 26.5 Å². The highest BCUT2D eigenvalue weighted by atomic mass is 35.5. The number of hydrazone groups is 1. The largest absolute Gasteiger partial charge is 0.497 e. The Bertz CT molecular complexity index is 847. The van der Waals surface area contributed by atoms with E-state index in [0.29, 0.717) is 11.5 Å². The van der Waals surface area contributed by atoms with Crippen molar-refractivity contribution in [1.29, 1.82) is 0 Å². The standard InChI is InChI=1S/C22H26ClN3O3/c1-28-20-8-5-18(21(13-20)29-2)14-24-25-22(27)17-9-11-26(12-10-17)15-16-3-6-19(23)7-4-16/h3-8,13-14,17H,9-12,15H2,1-2H3,(H,25,27)/p+1/b24-14-. The number of carbonyl (C=O) groups excluding carboxylic acids is 1. The number of benzene rings is 2. The van der Waals surface area contributed by atoms with Gasteiger partial charge in [-0.3, -0.25) is 4.79 Å². The van der Waals surface area contributed by atoms with E-state index in [4.69, 9.17) is 21.1 Å². The van der Waals surface area contributed by atoms with Crippen LogP contribution in [0.15, 0.2) is 47.6 Å². The van der Waals surface area contributed by atoms with Crippen LogP contribution in [0.25, 0.3) is 0 Å². The molecule has 0 spiro atoms. The maximum absolute atomic E-state index is 12.4. The van der Waals surface area contributed by atoms with Crippen LogP contribution in [0.1, 0.15) is 24.0 Å². The number of hydrogen-bond acceptors (Lipinski definition) is 4. The van der Waals surface area contributed by atoms with Gasteiger partial charge in [-0.1, -0.05) is 23.7 Å². The van der Waals surface area contributed by atoms with E-state index in [2.05, 4.69) is 22.7 Å². The van der Waals surface area contributed by atoms with E-state index in [1.807, 2.05) is 24.3 Å². The third-order valence-electron chi connectivity index (χ3n) is 5.25. The smallest absolute Gasteiger partial charge is 0.243 e. The van der Waals surface area contributed by atoms with Crippen molar-refractivity contribution in [1.82, 2.24) is 5.43 Å². The minimum absolute atomic E-state index is 0.00104. The van der Waals surface area contributed by atoms with Crippen LogP contribution in [0.5, 0.6) is 11.5 Å². The molecule has 1 aliphatic heterocycles. The van der Waals surface area contributed by atoms with Crippen LogP contribution < -0.4 is 19.8 Å². The Labute approximate surface area is 176 Å². The van der Waals surface area contributed by atoms with Gasteiger partial charge in [0.05, 0.1) is 39.4 Å². The molecule has 7 heteroatoms. The van der Waals surface area contributed by atoms with Crippen molar-refractivity contribution in [2.24, 2.45) is 11.0 Å². The lowest BCUT2D eigenvalue weighted by molar-refractivity contribution is -0.919. The molecular formula is C22H27ClN3O3+. The summed E-state index contributed by atoms with van der Waals surface area (Å²) in [4.78, 5) is 13.9. The van der Waals surface area contributed by atoms with Crippen molar-refractivity contribution in [3.8, 4) is 11.5 Å². The molecule has 6 nitrogen and oxygen atoms in total. The number of rotatable bonds is 7. The number of halogens is 1. The van der Waals surface area contributed by atoms with E-state index in [-0.39, 0.29) is 11.8 Å². The summed E-state index contributed by atoms with van der Waals surface area (Å²) in [6.07, 6.45) is 3.31. The first-order valence-electron chi connectivity index (χ1n) is 9.72. The average Bonchev–Trinajstić information content (AvgIpc) is 2.76. The van der Waals surface area contributed by atoms with Crippen molar-refractivity contribution in [2.75, 3.05) is 27.3 Å². The number of nitrogens with zero attached hydrogens (tertiary/aromatic N) is 1. The van der Waals surface area contributed by atoms with Gasteiger partial charge in [-0.2, -0.15) is 5.10 Å². The molecule has 3 rings (SSSR count). The lowest BCUT2D eigenvalue weighted by Gasteiger charge is -2.28. The second-order valence-corrected chi connectivity index (χ2v) is 7.61. The Morgan fingerprint density at radius 1 is 1.17 bits per heavy atom. The lowest BCUT2D eigenvalue weighted by atomic mass is 9.96. The lowest BCUT2D eigenvalue weighted by Crippen LogP contribution is -3.11. The topological polar surface area (TPSA) is 64.4 Å². The van der Waals surface area contributed by atoms with Gasteiger partial charge in [0.15, 0.2) is 0 Å². The Hall–Kier alpha value is -2.57. The number of likely N-dealkylation sites (tertiary alicyclic amines) is 1. The SMILES string of the molecule is COc1ccc(/C=N\NC(=O)C2CC[NH+](Cc3ccc(Cl)cc3)CC2)c(OC)c1. The van der Waals surface area contributed by atoms with Gasteiger partial charge in [0.25, 0.3) is 0 Å². The van der Waals surface area contributed by atoms with Crippen LogP contribution in [-0.2, 0) is 11.3 Å². The summed E-state index contributed by atoms with van der Waals surface area (Å²) in [5.41, 5.74) is 4.71. The van der Waals surface area contributed by atoms with Crippen molar-refractivity contribution in [3.63, 3.8) is 0 Å². The number of nitrogens with one attached hydrogen (secondary N) is 2. The molecule has 29 heavy (non-hydrogen) atoms. The number of carbonyl (C=O) groups is 1. The molecule has 2 aromatic carbocycles. The summed E-state index contributed by atoms with van der Waals surface area (Å²) in [6, 6.07) is 13.4. The average molecular weight is 417 g/mol. The summed E-state index contributed by atoms with van der Waals surface area (Å²) in [5, 5.41) is 4.87. The maximum Gasteiger partial charge on any atom is 0.243 e. The zero-order valence-electron chi connectivity index (χ0n) is 16.8. The number of hydrogen-bond donors (Lipinski definition) is 2. The second kappa shape index (κ2) is 10.3. The first-order valence-corrected chi connectivity index (χ1v) is 10.1. The van der Waals surface area contributed by atoms with Crippen molar-refractivity contribution >= 4 is 23.7 Å². The highest BCUT2D eigenvalue weighted by molar-refractivity contribution is 6.30. The van der Waals surface area contributed by atoms with Gasteiger partial charge in [-0.15, -0.1) is 0 Å². The molecular weight excluding hydrogens is 390 g/mol. The zero-order valence-corrected chi connectivity index (χ0v) is 17.5. The number of quaternary nitrogens is 1. The van der Waals surface area contributed by atoms with Crippen LogP contribution in [0.4, 0.5) is 0 Å². The molecule has 1 amide bonds. The van der Waals surface area contributed by atoms with Crippen LogP contribution in [-0.4, -0.2) is 39.4 Å². The highest BCUT2D eigenvalue weighted by Crippen LogP contribution is 2.23. The van der Waals surface area contributed by atoms with Crippen LogP contribution in [0.2, 0.25) is 5.02 Å². The molecule has 0 radical (unpaired) electrons. The van der Waals surface area contributed by atoms with Gasteiger partial charge in [-0.25, -0.2) is 5.43 Å². The van der Waals surface area contributed by atoms with E-state index in [0.717, 1.165) is 43.1 Å². The van der Waals surface area contributed by atoms with Crippen LogP contribution in [0.3, 0.4) is 0 Å². The van der Waals surface area contributed by atoms with E-state index >= 15 is 0 Å². The minimum atomic E-state index is -0.0285. The Balaban J connectivity index is 1.47. The van der Waals surface area contributed by atoms with E-state index < -0.39 is 0 Å². The second-order valence-electron chi connectivity index (χ2n) is 7.17. The Morgan fingerprint density at radius 3 is 2.55 bits per heavy atom.